The zero-order chi connectivity index (χ0) is 40.3. The van der Waals surface area contributed by atoms with Gasteiger partial charge in [-0.2, -0.15) is 5.26 Å². The lowest BCUT2D eigenvalue weighted by Crippen LogP contribution is -2.09. The average molecular weight is 792 g/mol. The smallest absolute Gasteiger partial charge is 0.220 e. The number of hydrogen-bond donors (Lipinski definition) is 0. The van der Waals surface area contributed by atoms with Crippen LogP contribution in [0.5, 0.6) is 0 Å². The van der Waals surface area contributed by atoms with Crippen molar-refractivity contribution in [1.29, 1.82) is 5.26 Å². The van der Waals surface area contributed by atoms with Crippen LogP contribution in [0.25, 0.3) is 124 Å². The van der Waals surface area contributed by atoms with Gasteiger partial charge in [-0.05, 0) is 56.9 Å². The van der Waals surface area contributed by atoms with E-state index in [0.717, 1.165) is 87.0 Å². The second-order valence-corrected chi connectivity index (χ2v) is 16.6. The molecule has 0 aliphatic carbocycles. The Hall–Kier alpha value is -8.29. The van der Waals surface area contributed by atoms with Gasteiger partial charge in [0.2, 0.25) is 5.69 Å². The molecular formula is C55H29N5S. The molecule has 0 radical (unpaired) electrons. The number of para-hydroxylation sites is 1. The first-order valence-corrected chi connectivity index (χ1v) is 21.0. The number of nitriles is 1. The van der Waals surface area contributed by atoms with E-state index < -0.39 is 0 Å². The number of hydrogen-bond acceptors (Lipinski definition) is 3. The molecule has 0 spiro atoms. The largest absolute Gasteiger partial charge is 0.306 e. The fourth-order valence-electron chi connectivity index (χ4n) is 10.2. The molecule has 0 N–H and O–H groups in total. The number of aromatic nitrogens is 3. The van der Waals surface area contributed by atoms with Crippen molar-refractivity contribution < 1.29 is 0 Å². The summed E-state index contributed by atoms with van der Waals surface area (Å²) in [5, 5.41) is 23.1. The van der Waals surface area contributed by atoms with Crippen molar-refractivity contribution in [3.8, 4) is 39.7 Å². The van der Waals surface area contributed by atoms with Crippen LogP contribution in [0.4, 0.5) is 5.69 Å². The molecule has 4 heterocycles. The van der Waals surface area contributed by atoms with Gasteiger partial charge in [0.25, 0.3) is 0 Å². The summed E-state index contributed by atoms with van der Waals surface area (Å²) in [4.78, 5) is 9.69. The lowest BCUT2D eigenvalue weighted by Gasteiger charge is -2.25. The van der Waals surface area contributed by atoms with Gasteiger partial charge in [-0.15, -0.1) is 11.3 Å². The van der Waals surface area contributed by atoms with Crippen LogP contribution in [0.3, 0.4) is 0 Å². The van der Waals surface area contributed by atoms with Crippen LogP contribution in [-0.2, 0) is 0 Å². The molecule has 0 atom stereocenters. The molecule has 6 heteroatoms. The minimum atomic E-state index is 0.395. The Morgan fingerprint density at radius 1 is 0.508 bits per heavy atom. The first-order chi connectivity index (χ1) is 30.2. The van der Waals surface area contributed by atoms with Gasteiger partial charge in [-0.25, -0.2) is 9.83 Å². The predicted octanol–water partition coefficient (Wildman–Crippen LogP) is 15.1. The fraction of sp³-hybridized carbons (Fsp3) is 0. The van der Waals surface area contributed by atoms with Crippen molar-refractivity contribution in [2.75, 3.05) is 0 Å². The maximum atomic E-state index is 11.8. The van der Waals surface area contributed by atoms with Gasteiger partial charge in [0, 0.05) is 54.3 Å². The summed E-state index contributed by atoms with van der Waals surface area (Å²) in [6.07, 6.45) is 1.89. The van der Waals surface area contributed by atoms with Gasteiger partial charge < -0.3 is 9.13 Å². The van der Waals surface area contributed by atoms with Crippen LogP contribution < -0.4 is 0 Å². The molecule has 13 aromatic rings. The second-order valence-electron chi connectivity index (χ2n) is 15.6. The lowest BCUT2D eigenvalue weighted by atomic mass is 9.88. The quantitative estimate of drug-likeness (QED) is 0.132. The Morgan fingerprint density at radius 2 is 1.11 bits per heavy atom. The first-order valence-electron chi connectivity index (χ1n) is 20.2. The van der Waals surface area contributed by atoms with Crippen molar-refractivity contribution in [3.63, 3.8) is 0 Å². The summed E-state index contributed by atoms with van der Waals surface area (Å²) in [6.45, 7) is 9.18. The van der Waals surface area contributed by atoms with E-state index in [1.165, 1.54) is 20.9 Å². The van der Waals surface area contributed by atoms with E-state index in [2.05, 4.69) is 141 Å². The Labute approximate surface area is 353 Å². The first kappa shape index (κ1) is 33.7. The van der Waals surface area contributed by atoms with Gasteiger partial charge in [0.15, 0.2) is 0 Å². The minimum absolute atomic E-state index is 0.395. The molecular weight excluding hydrogens is 763 g/mol. The summed E-state index contributed by atoms with van der Waals surface area (Å²) in [7, 11) is 0. The standard InChI is InChI=1S/C55H29N5S/c1-57-50-46(32-15-4-2-5-16-32)42(31-56)51(59-43-24-12-10-21-36(43)40-27-28-41-37-22-11-13-26-45(37)61-54(41)52(40)59)47(33-17-6-3-7-18-33)53(50)60-44-25-14-23-38-34-19-8-9-20-35(34)39-29-30-58-55(60)49(39)48(38)44/h2-30H. The van der Waals surface area contributed by atoms with Crippen LogP contribution in [0.15, 0.2) is 176 Å². The number of nitrogens with zero attached hydrogens (tertiary/aromatic N) is 5. The Morgan fingerprint density at radius 3 is 1.85 bits per heavy atom. The third kappa shape index (κ3) is 4.44. The van der Waals surface area contributed by atoms with E-state index in [-0.39, 0.29) is 0 Å². The number of rotatable bonds is 4. The summed E-state index contributed by atoms with van der Waals surface area (Å²) in [6, 6.07) is 61.8. The van der Waals surface area contributed by atoms with Crippen molar-refractivity contribution in [1.82, 2.24) is 14.1 Å². The molecule has 0 amide bonds. The highest BCUT2D eigenvalue weighted by molar-refractivity contribution is 7.26. The Kier molecular flexibility index (Phi) is 6.96. The van der Waals surface area contributed by atoms with Gasteiger partial charge in [0.1, 0.15) is 11.7 Å². The van der Waals surface area contributed by atoms with E-state index in [0.29, 0.717) is 22.5 Å². The highest BCUT2D eigenvalue weighted by atomic mass is 32.1. The normalized spacial score (nSPS) is 11.9. The second kappa shape index (κ2) is 12.6. The van der Waals surface area contributed by atoms with E-state index in [1.807, 2.05) is 54.7 Å². The average Bonchev–Trinajstić information content (AvgIpc) is 3.99. The molecule has 13 rings (SSSR count). The predicted molar refractivity (Wildman–Crippen MR) is 254 cm³/mol. The van der Waals surface area contributed by atoms with Crippen LogP contribution in [0.1, 0.15) is 5.56 Å². The molecule has 0 bridgehead atoms. The lowest BCUT2D eigenvalue weighted by molar-refractivity contribution is 1.12. The topological polar surface area (TPSA) is 50.9 Å². The SMILES string of the molecule is [C-]#[N+]c1c(-c2ccccc2)c(C#N)c(-n2c3ccccc3c3ccc4c5ccccc5sc4c32)c(-c2ccccc2)c1-n1c2cccc3c4ccccc4c4ccnc1c4c32. The van der Waals surface area contributed by atoms with E-state index in [4.69, 9.17) is 4.98 Å². The van der Waals surface area contributed by atoms with Crippen LogP contribution >= 0.6 is 11.3 Å². The fourth-order valence-corrected chi connectivity index (χ4v) is 11.4. The van der Waals surface area contributed by atoms with Crippen molar-refractivity contribution >= 4 is 102 Å². The zero-order valence-electron chi connectivity index (χ0n) is 32.4. The maximum Gasteiger partial charge on any atom is 0.220 e. The highest BCUT2D eigenvalue weighted by Gasteiger charge is 2.33. The molecule has 0 aliphatic heterocycles. The summed E-state index contributed by atoms with van der Waals surface area (Å²) in [5.74, 6) is 0. The van der Waals surface area contributed by atoms with Crippen LogP contribution in [0, 0.1) is 17.9 Å². The van der Waals surface area contributed by atoms with Gasteiger partial charge in [0.05, 0.1) is 44.8 Å². The molecule has 4 aromatic heterocycles. The van der Waals surface area contributed by atoms with E-state index in [1.54, 1.807) is 11.3 Å². The molecule has 0 fully saturated rings. The van der Waals surface area contributed by atoms with E-state index >= 15 is 0 Å². The molecule has 0 aliphatic rings. The third-order valence-electron chi connectivity index (χ3n) is 12.6. The van der Waals surface area contributed by atoms with Crippen LogP contribution in [0.2, 0.25) is 0 Å². The number of pyridine rings is 1. The molecule has 0 unspecified atom stereocenters. The number of thiophene rings is 1. The molecule has 0 saturated carbocycles. The molecule has 0 saturated heterocycles. The molecule has 280 valence electrons. The summed E-state index contributed by atoms with van der Waals surface area (Å²) in [5.41, 5.74) is 9.06. The zero-order valence-corrected chi connectivity index (χ0v) is 33.2. The van der Waals surface area contributed by atoms with Crippen molar-refractivity contribution in [3.05, 3.63) is 193 Å². The summed E-state index contributed by atoms with van der Waals surface area (Å²) < 4.78 is 6.90. The van der Waals surface area contributed by atoms with Gasteiger partial charge in [-0.3, -0.25) is 0 Å². The molecule has 61 heavy (non-hydrogen) atoms. The summed E-state index contributed by atoms with van der Waals surface area (Å²) >= 11 is 1.78. The van der Waals surface area contributed by atoms with Crippen LogP contribution in [-0.4, -0.2) is 14.1 Å². The number of benzene rings is 9. The highest BCUT2D eigenvalue weighted by Crippen LogP contribution is 2.54. The van der Waals surface area contributed by atoms with E-state index in [9.17, 15) is 11.8 Å². The molecule has 9 aromatic carbocycles. The number of fused-ring (bicyclic) bond motifs is 10. The maximum absolute atomic E-state index is 11.8. The van der Waals surface area contributed by atoms with Crippen molar-refractivity contribution in [2.24, 2.45) is 0 Å². The Balaban J connectivity index is 1.34. The molecule has 5 nitrogen and oxygen atoms in total. The Bertz CT molecular complexity index is 3980. The van der Waals surface area contributed by atoms with Crippen molar-refractivity contribution in [2.45, 2.75) is 0 Å². The minimum Gasteiger partial charge on any atom is -0.306 e. The van der Waals surface area contributed by atoms with Gasteiger partial charge in [-0.1, -0.05) is 146 Å². The van der Waals surface area contributed by atoms with Gasteiger partial charge >= 0.3 is 0 Å². The third-order valence-corrected chi connectivity index (χ3v) is 13.8. The monoisotopic (exact) mass is 791 g/mol.